The zero-order chi connectivity index (χ0) is 19.0. The van der Waals surface area contributed by atoms with Crippen LogP contribution >= 0.6 is 0 Å². The van der Waals surface area contributed by atoms with Crippen LogP contribution in [0.25, 0.3) is 11.3 Å². The topological polar surface area (TPSA) is 122 Å². The number of carbonyl (C=O) groups excluding carboxylic acids is 1. The van der Waals surface area contributed by atoms with E-state index >= 15 is 0 Å². The van der Waals surface area contributed by atoms with Crippen molar-refractivity contribution >= 4 is 5.78 Å². The summed E-state index contributed by atoms with van der Waals surface area (Å²) >= 11 is 0. The van der Waals surface area contributed by atoms with Crippen LogP contribution in [0.15, 0.2) is 39.3 Å². The summed E-state index contributed by atoms with van der Waals surface area (Å²) < 4.78 is 10.7. The third-order valence-corrected chi connectivity index (χ3v) is 4.80. The molecule has 0 spiro atoms. The van der Waals surface area contributed by atoms with Crippen LogP contribution in [0.3, 0.4) is 0 Å². The molecule has 8 heteroatoms. The van der Waals surface area contributed by atoms with E-state index in [0.717, 1.165) is 12.8 Å². The van der Waals surface area contributed by atoms with Crippen molar-refractivity contribution in [2.24, 2.45) is 5.92 Å². The van der Waals surface area contributed by atoms with Crippen LogP contribution in [0.2, 0.25) is 0 Å². The van der Waals surface area contributed by atoms with Crippen molar-refractivity contribution in [3.8, 4) is 17.1 Å². The van der Waals surface area contributed by atoms with Gasteiger partial charge < -0.3 is 19.2 Å². The minimum atomic E-state index is -0.781. The van der Waals surface area contributed by atoms with E-state index in [1.165, 1.54) is 0 Å². The van der Waals surface area contributed by atoms with E-state index in [0.29, 0.717) is 23.6 Å². The highest BCUT2D eigenvalue weighted by atomic mass is 16.5. The van der Waals surface area contributed by atoms with Crippen LogP contribution in [0.1, 0.15) is 60.5 Å². The molecular formula is C19H19N3O5. The quantitative estimate of drug-likeness (QED) is 0.635. The maximum atomic E-state index is 12.4. The number of ketones is 1. The fraction of sp³-hybridized carbons (Fsp3) is 0.368. The number of aliphatic hydroxyl groups excluding tert-OH is 1. The number of phenolic OH excluding ortho intramolecular Hbond substituents is 1. The van der Waals surface area contributed by atoms with Crippen molar-refractivity contribution in [3.05, 3.63) is 47.8 Å². The van der Waals surface area contributed by atoms with E-state index in [-0.39, 0.29) is 35.0 Å². The number of benzene rings is 1. The lowest BCUT2D eigenvalue weighted by atomic mass is 9.72. The maximum absolute atomic E-state index is 12.4. The van der Waals surface area contributed by atoms with E-state index in [1.54, 1.807) is 37.3 Å². The summed E-state index contributed by atoms with van der Waals surface area (Å²) in [6.07, 6.45) is 1.16. The van der Waals surface area contributed by atoms with Gasteiger partial charge in [0.05, 0.1) is 0 Å². The summed E-state index contributed by atoms with van der Waals surface area (Å²) in [6, 6.07) is 8.18. The van der Waals surface area contributed by atoms with Gasteiger partial charge in [-0.05, 0) is 37.8 Å². The van der Waals surface area contributed by atoms with Gasteiger partial charge in [-0.3, -0.25) is 4.79 Å². The number of aromatic nitrogens is 3. The summed E-state index contributed by atoms with van der Waals surface area (Å²) in [5.74, 6) is 1.57. The smallest absolute Gasteiger partial charge is 0.244 e. The van der Waals surface area contributed by atoms with Gasteiger partial charge in [0.25, 0.3) is 0 Å². The molecule has 0 bridgehead atoms. The zero-order valence-corrected chi connectivity index (χ0v) is 14.7. The Morgan fingerprint density at radius 2 is 2.11 bits per heavy atom. The van der Waals surface area contributed by atoms with Gasteiger partial charge in [-0.15, -0.1) is 10.2 Å². The van der Waals surface area contributed by atoms with Gasteiger partial charge in [0, 0.05) is 24.0 Å². The predicted octanol–water partition coefficient (Wildman–Crippen LogP) is 3.25. The van der Waals surface area contributed by atoms with Gasteiger partial charge in [0.15, 0.2) is 11.5 Å². The SMILES string of the molecule is C[C@@H](O)c1nnc(C2CC(CC(=O)c3cc(-c4cccc(O)c4)on3)C2)o1. The molecule has 8 nitrogen and oxygen atoms in total. The molecule has 0 aliphatic heterocycles. The first-order valence-electron chi connectivity index (χ1n) is 8.80. The molecule has 4 rings (SSSR count). The van der Waals surface area contributed by atoms with Crippen LogP contribution in [-0.2, 0) is 0 Å². The zero-order valence-electron chi connectivity index (χ0n) is 14.7. The highest BCUT2D eigenvalue weighted by Crippen LogP contribution is 2.43. The van der Waals surface area contributed by atoms with Crippen molar-refractivity contribution in [3.63, 3.8) is 0 Å². The monoisotopic (exact) mass is 369 g/mol. The molecule has 2 N–H and O–H groups in total. The molecule has 0 unspecified atom stereocenters. The molecular weight excluding hydrogens is 350 g/mol. The number of rotatable bonds is 6. The number of aliphatic hydroxyl groups is 1. The minimum absolute atomic E-state index is 0.0798. The number of nitrogens with zero attached hydrogens (tertiary/aromatic N) is 3. The lowest BCUT2D eigenvalue weighted by molar-refractivity contribution is 0.0905. The Labute approximate surface area is 154 Å². The number of aromatic hydroxyl groups is 1. The Hall–Kier alpha value is -3.00. The first-order chi connectivity index (χ1) is 13.0. The second-order valence-electron chi connectivity index (χ2n) is 6.94. The third-order valence-electron chi connectivity index (χ3n) is 4.80. The van der Waals surface area contributed by atoms with Crippen molar-refractivity contribution in [1.82, 2.24) is 15.4 Å². The first-order valence-corrected chi connectivity index (χ1v) is 8.80. The highest BCUT2D eigenvalue weighted by Gasteiger charge is 2.36. The fourth-order valence-corrected chi connectivity index (χ4v) is 3.25. The molecule has 2 heterocycles. The van der Waals surface area contributed by atoms with Gasteiger partial charge in [-0.1, -0.05) is 17.3 Å². The Balaban J connectivity index is 1.34. The normalized spacial score (nSPS) is 20.2. The van der Waals surface area contributed by atoms with E-state index in [4.69, 9.17) is 8.94 Å². The van der Waals surface area contributed by atoms with Crippen molar-refractivity contribution in [2.45, 2.75) is 38.2 Å². The van der Waals surface area contributed by atoms with Gasteiger partial charge in [-0.2, -0.15) is 0 Å². The molecule has 0 amide bonds. The maximum Gasteiger partial charge on any atom is 0.244 e. The molecule has 3 aromatic rings. The summed E-state index contributed by atoms with van der Waals surface area (Å²) in [4.78, 5) is 12.4. The van der Waals surface area contributed by atoms with Crippen LogP contribution in [0.4, 0.5) is 0 Å². The van der Waals surface area contributed by atoms with E-state index in [9.17, 15) is 15.0 Å². The van der Waals surface area contributed by atoms with Gasteiger partial charge >= 0.3 is 0 Å². The van der Waals surface area contributed by atoms with Crippen LogP contribution < -0.4 is 0 Å². The standard InChI is InChI=1S/C19H19N3O5/c1-10(23)18-20-21-19(26-18)13-5-11(6-13)7-16(25)15-9-17(27-22-15)12-3-2-4-14(24)8-12/h2-4,8-11,13,23-24H,5-7H2,1H3/t10-,11?,13?/m1/s1. The Bertz CT molecular complexity index is 956. The average molecular weight is 369 g/mol. The van der Waals surface area contributed by atoms with Gasteiger partial charge in [0.2, 0.25) is 11.8 Å². The summed E-state index contributed by atoms with van der Waals surface area (Å²) in [7, 11) is 0. The molecule has 2 aromatic heterocycles. The van der Waals surface area contributed by atoms with E-state index in [2.05, 4.69) is 15.4 Å². The number of carbonyl (C=O) groups is 1. The molecule has 1 atom stereocenters. The number of phenols is 1. The third kappa shape index (κ3) is 3.61. The number of hydrogen-bond acceptors (Lipinski definition) is 8. The second-order valence-corrected chi connectivity index (χ2v) is 6.94. The number of Topliss-reactive ketones (excluding diaryl/α,β-unsaturated/α-hetero) is 1. The Morgan fingerprint density at radius 1 is 1.30 bits per heavy atom. The average Bonchev–Trinajstić information content (AvgIpc) is 3.27. The Morgan fingerprint density at radius 3 is 2.81 bits per heavy atom. The highest BCUT2D eigenvalue weighted by molar-refractivity contribution is 5.95. The van der Waals surface area contributed by atoms with Gasteiger partial charge in [-0.25, -0.2) is 0 Å². The van der Waals surface area contributed by atoms with Crippen LogP contribution in [-0.4, -0.2) is 31.4 Å². The molecule has 1 saturated carbocycles. The van der Waals surface area contributed by atoms with Crippen LogP contribution in [0.5, 0.6) is 5.75 Å². The number of hydrogen-bond donors (Lipinski definition) is 2. The molecule has 0 radical (unpaired) electrons. The van der Waals surface area contributed by atoms with Crippen molar-refractivity contribution in [1.29, 1.82) is 0 Å². The summed E-state index contributed by atoms with van der Waals surface area (Å²) in [5, 5.41) is 30.6. The van der Waals surface area contributed by atoms with E-state index in [1.807, 2.05) is 0 Å². The largest absolute Gasteiger partial charge is 0.508 e. The molecule has 1 aromatic carbocycles. The second kappa shape index (κ2) is 6.96. The molecule has 1 aliphatic rings. The van der Waals surface area contributed by atoms with E-state index < -0.39 is 6.10 Å². The Kier molecular flexibility index (Phi) is 4.49. The fourth-order valence-electron chi connectivity index (χ4n) is 3.25. The minimum Gasteiger partial charge on any atom is -0.508 e. The van der Waals surface area contributed by atoms with Gasteiger partial charge in [0.1, 0.15) is 17.5 Å². The molecule has 140 valence electrons. The summed E-state index contributed by atoms with van der Waals surface area (Å²) in [6.45, 7) is 1.57. The molecule has 1 aliphatic carbocycles. The molecule has 1 fully saturated rings. The molecule has 27 heavy (non-hydrogen) atoms. The summed E-state index contributed by atoms with van der Waals surface area (Å²) in [5.41, 5.74) is 0.946. The lowest BCUT2D eigenvalue weighted by Crippen LogP contribution is -2.24. The first kappa shape index (κ1) is 17.4. The van der Waals surface area contributed by atoms with Crippen molar-refractivity contribution in [2.75, 3.05) is 0 Å². The van der Waals surface area contributed by atoms with Crippen molar-refractivity contribution < 1.29 is 23.9 Å². The predicted molar refractivity (Wildman–Crippen MR) is 92.9 cm³/mol. The molecule has 0 saturated heterocycles. The van der Waals surface area contributed by atoms with Crippen LogP contribution in [0, 0.1) is 5.92 Å². The lowest BCUT2D eigenvalue weighted by Gasteiger charge is -2.32.